The molecule has 0 aromatic carbocycles. The highest BCUT2D eigenvalue weighted by atomic mass is 32.1. The van der Waals surface area contributed by atoms with E-state index in [9.17, 15) is 4.79 Å². The zero-order chi connectivity index (χ0) is 13.9. The summed E-state index contributed by atoms with van der Waals surface area (Å²) in [6.07, 6.45) is 3.15. The molecule has 3 heterocycles. The maximum absolute atomic E-state index is 12.3. The third-order valence-corrected chi connectivity index (χ3v) is 3.50. The van der Waals surface area contributed by atoms with Crippen molar-refractivity contribution in [3.63, 3.8) is 0 Å². The lowest BCUT2D eigenvalue weighted by Gasteiger charge is -2.05. The lowest BCUT2D eigenvalue weighted by Crippen LogP contribution is -2.14. The molecule has 7 nitrogen and oxygen atoms in total. The molecule has 0 fully saturated rings. The molecule has 3 rings (SSSR count). The summed E-state index contributed by atoms with van der Waals surface area (Å²) in [4.78, 5) is 16.9. The first kappa shape index (κ1) is 12.4. The Hall–Kier alpha value is -2.61. The van der Waals surface area contributed by atoms with Gasteiger partial charge in [-0.15, -0.1) is 16.4 Å². The molecule has 0 unspecified atom stereocenters. The Morgan fingerprint density at radius 1 is 1.35 bits per heavy atom. The first-order valence-corrected chi connectivity index (χ1v) is 6.67. The molecule has 1 N–H and O–H groups in total. The van der Waals surface area contributed by atoms with E-state index < -0.39 is 0 Å². The topological polar surface area (TPSA) is 85.6 Å². The van der Waals surface area contributed by atoms with Crippen molar-refractivity contribution < 1.29 is 4.79 Å². The summed E-state index contributed by atoms with van der Waals surface area (Å²) < 4.78 is 1.45. The zero-order valence-corrected chi connectivity index (χ0v) is 11.3. The minimum absolute atomic E-state index is 0.234. The summed E-state index contributed by atoms with van der Waals surface area (Å²) in [5.74, 6) is 0.276. The van der Waals surface area contributed by atoms with Crippen LogP contribution in [0, 0.1) is 6.92 Å². The van der Waals surface area contributed by atoms with Crippen LogP contribution in [0.25, 0.3) is 5.69 Å². The zero-order valence-electron chi connectivity index (χ0n) is 10.5. The fourth-order valence-corrected chi connectivity index (χ4v) is 2.41. The van der Waals surface area contributed by atoms with E-state index in [4.69, 9.17) is 0 Å². The van der Waals surface area contributed by atoms with Crippen LogP contribution in [0.15, 0.2) is 36.1 Å². The van der Waals surface area contributed by atoms with Gasteiger partial charge in [0.2, 0.25) is 0 Å². The Kier molecular flexibility index (Phi) is 3.21. The van der Waals surface area contributed by atoms with Gasteiger partial charge < -0.3 is 5.32 Å². The van der Waals surface area contributed by atoms with Crippen LogP contribution in [-0.4, -0.2) is 31.1 Å². The summed E-state index contributed by atoms with van der Waals surface area (Å²) in [5.41, 5.74) is 1.68. The minimum atomic E-state index is -0.234. The van der Waals surface area contributed by atoms with Gasteiger partial charge in [0.1, 0.15) is 17.0 Å². The van der Waals surface area contributed by atoms with Gasteiger partial charge in [-0.25, -0.2) is 4.98 Å². The molecule has 0 saturated heterocycles. The van der Waals surface area contributed by atoms with E-state index in [2.05, 4.69) is 25.8 Å². The molecule has 20 heavy (non-hydrogen) atoms. The molecular weight excluding hydrogens is 276 g/mol. The molecule has 1 amide bonds. The summed E-state index contributed by atoms with van der Waals surface area (Å²) in [5, 5.41) is 15.5. The lowest BCUT2D eigenvalue weighted by molar-refractivity contribution is 0.103. The monoisotopic (exact) mass is 286 g/mol. The predicted molar refractivity (Wildman–Crippen MR) is 74.0 cm³/mol. The van der Waals surface area contributed by atoms with Crippen molar-refractivity contribution in [3.05, 3.63) is 46.5 Å². The van der Waals surface area contributed by atoms with Crippen molar-refractivity contribution in [1.29, 1.82) is 0 Å². The van der Waals surface area contributed by atoms with Crippen LogP contribution >= 0.6 is 11.3 Å². The van der Waals surface area contributed by atoms with Crippen LogP contribution in [0.3, 0.4) is 0 Å². The minimum Gasteiger partial charge on any atom is -0.306 e. The van der Waals surface area contributed by atoms with Crippen LogP contribution in [0.1, 0.15) is 15.2 Å². The van der Waals surface area contributed by atoms with E-state index >= 15 is 0 Å². The van der Waals surface area contributed by atoms with Gasteiger partial charge in [-0.05, 0) is 40.4 Å². The van der Waals surface area contributed by atoms with Crippen molar-refractivity contribution in [2.24, 2.45) is 0 Å². The molecular formula is C12H10N6OS. The fraction of sp³-hybridized carbons (Fsp3) is 0.0833. The molecule has 3 aromatic rings. The second kappa shape index (κ2) is 5.17. The second-order valence-electron chi connectivity index (χ2n) is 4.06. The van der Waals surface area contributed by atoms with E-state index in [1.807, 2.05) is 18.4 Å². The van der Waals surface area contributed by atoms with Crippen molar-refractivity contribution in [2.75, 3.05) is 5.32 Å². The maximum Gasteiger partial charge on any atom is 0.269 e. The number of nitrogens with one attached hydrogen (secondary N) is 1. The third-order valence-electron chi connectivity index (χ3n) is 2.60. The number of rotatable bonds is 3. The highest BCUT2D eigenvalue weighted by Crippen LogP contribution is 2.21. The van der Waals surface area contributed by atoms with Crippen molar-refractivity contribution in [1.82, 2.24) is 25.2 Å². The van der Waals surface area contributed by atoms with Crippen LogP contribution in [0.4, 0.5) is 5.82 Å². The number of hydrogen-bond acceptors (Lipinski definition) is 6. The Labute approximate surface area is 118 Å². The maximum atomic E-state index is 12.3. The molecule has 0 radical (unpaired) electrons. The van der Waals surface area contributed by atoms with Gasteiger partial charge in [-0.1, -0.05) is 6.07 Å². The number of hydrogen-bond donors (Lipinski definition) is 1. The highest BCUT2D eigenvalue weighted by molar-refractivity contribution is 7.12. The average Bonchev–Trinajstić information content (AvgIpc) is 3.11. The summed E-state index contributed by atoms with van der Waals surface area (Å²) in [6.45, 7) is 1.94. The van der Waals surface area contributed by atoms with E-state index in [1.54, 1.807) is 18.3 Å². The first-order valence-electron chi connectivity index (χ1n) is 5.79. The number of aryl methyl sites for hydroxylation is 1. The number of thiophene rings is 1. The first-order chi connectivity index (χ1) is 9.74. The molecule has 0 atom stereocenters. The van der Waals surface area contributed by atoms with Crippen LogP contribution in [-0.2, 0) is 0 Å². The Balaban J connectivity index is 1.85. The molecule has 0 aliphatic carbocycles. The molecule has 0 bridgehead atoms. The highest BCUT2D eigenvalue weighted by Gasteiger charge is 2.16. The van der Waals surface area contributed by atoms with Gasteiger partial charge in [0.15, 0.2) is 0 Å². The number of anilines is 1. The molecule has 0 aliphatic rings. The van der Waals surface area contributed by atoms with Gasteiger partial charge >= 0.3 is 0 Å². The molecule has 0 spiro atoms. The number of aromatic nitrogens is 5. The normalized spacial score (nSPS) is 10.4. The van der Waals surface area contributed by atoms with Gasteiger partial charge in [-0.3, -0.25) is 4.79 Å². The van der Waals surface area contributed by atoms with Crippen LogP contribution < -0.4 is 5.32 Å². The quantitative estimate of drug-likeness (QED) is 0.791. The standard InChI is InChI=1S/C12H10N6OS/c1-8-2-3-10(13-6-8)15-12(19)11-9(4-5-20-11)18-7-14-16-17-18/h2-7H,1H3,(H,13,15,19). The fourth-order valence-electron chi connectivity index (χ4n) is 1.64. The Bertz CT molecular complexity index is 719. The summed E-state index contributed by atoms with van der Waals surface area (Å²) in [6, 6.07) is 5.44. The largest absolute Gasteiger partial charge is 0.306 e. The number of nitrogens with zero attached hydrogens (tertiary/aromatic N) is 5. The van der Waals surface area contributed by atoms with Crippen LogP contribution in [0.5, 0.6) is 0 Å². The summed E-state index contributed by atoms with van der Waals surface area (Å²) in [7, 11) is 0. The van der Waals surface area contributed by atoms with Crippen molar-refractivity contribution in [2.45, 2.75) is 6.92 Å². The lowest BCUT2D eigenvalue weighted by atomic mass is 10.3. The van der Waals surface area contributed by atoms with Crippen molar-refractivity contribution in [3.8, 4) is 5.69 Å². The predicted octanol–water partition coefficient (Wildman–Crippen LogP) is 1.68. The Morgan fingerprint density at radius 2 is 2.25 bits per heavy atom. The van der Waals surface area contributed by atoms with Crippen LogP contribution in [0.2, 0.25) is 0 Å². The van der Waals surface area contributed by atoms with E-state index in [0.29, 0.717) is 16.4 Å². The molecule has 8 heteroatoms. The van der Waals surface area contributed by atoms with Gasteiger partial charge in [-0.2, -0.15) is 4.68 Å². The van der Waals surface area contributed by atoms with Gasteiger partial charge in [0.25, 0.3) is 5.91 Å². The van der Waals surface area contributed by atoms with E-state index in [0.717, 1.165) is 5.56 Å². The number of carbonyl (C=O) groups is 1. The number of pyridine rings is 1. The average molecular weight is 286 g/mol. The van der Waals surface area contributed by atoms with Crippen molar-refractivity contribution >= 4 is 23.1 Å². The smallest absolute Gasteiger partial charge is 0.269 e. The van der Waals surface area contributed by atoms with Gasteiger partial charge in [0, 0.05) is 6.20 Å². The number of tetrazole rings is 1. The molecule has 0 aliphatic heterocycles. The van der Waals surface area contributed by atoms with Gasteiger partial charge in [0.05, 0.1) is 5.69 Å². The number of carbonyl (C=O) groups excluding carboxylic acids is 1. The molecule has 3 aromatic heterocycles. The summed E-state index contributed by atoms with van der Waals surface area (Å²) >= 11 is 1.32. The second-order valence-corrected chi connectivity index (χ2v) is 4.98. The number of amides is 1. The Morgan fingerprint density at radius 3 is 2.95 bits per heavy atom. The third kappa shape index (κ3) is 2.41. The molecule has 0 saturated carbocycles. The SMILES string of the molecule is Cc1ccc(NC(=O)c2sccc2-n2cnnn2)nc1. The van der Waals surface area contributed by atoms with E-state index in [1.165, 1.54) is 22.3 Å². The van der Waals surface area contributed by atoms with E-state index in [-0.39, 0.29) is 5.91 Å². The molecule has 100 valence electrons.